The highest BCUT2D eigenvalue weighted by Gasteiger charge is 2.40. The molecule has 22 heteroatoms. The van der Waals surface area contributed by atoms with Crippen molar-refractivity contribution < 1.29 is 32.3 Å². The summed E-state index contributed by atoms with van der Waals surface area (Å²) in [5.74, 6) is -5.84. The summed E-state index contributed by atoms with van der Waals surface area (Å²) in [5.41, 5.74) is -0.0131. The Morgan fingerprint density at radius 2 is 1.75 bits per heavy atom. The third-order valence-electron chi connectivity index (χ3n) is 10.3. The lowest BCUT2D eigenvalue weighted by molar-refractivity contribution is -0.137. The summed E-state index contributed by atoms with van der Waals surface area (Å²) in [7, 11) is 1.71. The highest BCUT2D eigenvalue weighted by atomic mass is 35.5. The molecule has 0 spiro atoms. The molecular weight excluding hydrogens is 825 g/mol. The van der Waals surface area contributed by atoms with E-state index < -0.39 is 59.4 Å². The van der Waals surface area contributed by atoms with Gasteiger partial charge in [0.05, 0.1) is 35.5 Å². The van der Waals surface area contributed by atoms with Crippen molar-refractivity contribution in [3.63, 3.8) is 0 Å². The number of anilines is 3. The predicted octanol–water partition coefficient (Wildman–Crippen LogP) is 3.36. The van der Waals surface area contributed by atoms with Gasteiger partial charge in [-0.15, -0.1) is 5.10 Å². The molecule has 1 unspecified atom stereocenters. The fraction of sp³-hybridized carbons (Fsp3) is 0.282. The van der Waals surface area contributed by atoms with Crippen molar-refractivity contribution in [3.8, 4) is 0 Å². The zero-order chi connectivity index (χ0) is 43.1. The summed E-state index contributed by atoms with van der Waals surface area (Å²) in [5, 5.41) is 21.2. The number of amides is 4. The summed E-state index contributed by atoms with van der Waals surface area (Å²) in [6.07, 6.45) is 4.57. The molecule has 1 fully saturated rings. The van der Waals surface area contributed by atoms with Gasteiger partial charge in [0.15, 0.2) is 11.6 Å². The number of carbonyl (C=O) groups is 4. The number of benzene rings is 3. The third-order valence-corrected chi connectivity index (χ3v) is 10.6. The molecule has 5 heterocycles. The lowest BCUT2D eigenvalue weighted by Gasteiger charge is -2.29. The van der Waals surface area contributed by atoms with E-state index in [1.807, 2.05) is 0 Å². The van der Waals surface area contributed by atoms with Crippen molar-refractivity contribution in [1.29, 1.82) is 0 Å². The molecule has 3 aromatic carbocycles. The minimum atomic E-state index is -1.42. The summed E-state index contributed by atoms with van der Waals surface area (Å²) < 4.78 is 47.5. The van der Waals surface area contributed by atoms with Crippen molar-refractivity contribution >= 4 is 63.5 Å². The van der Waals surface area contributed by atoms with Gasteiger partial charge in [-0.3, -0.25) is 38.4 Å². The molecule has 61 heavy (non-hydrogen) atoms. The van der Waals surface area contributed by atoms with E-state index in [-0.39, 0.29) is 65.9 Å². The lowest BCUT2D eigenvalue weighted by atomic mass is 10.0. The molecule has 0 radical (unpaired) electrons. The number of nitrogens with one attached hydrogen (secondary N) is 3. The van der Waals surface area contributed by atoms with E-state index in [9.17, 15) is 41.9 Å². The number of hydrogen-bond donors (Lipinski definition) is 3. The maximum atomic E-state index is 14.9. The Kier molecular flexibility index (Phi) is 11.0. The number of unbranched alkanes of at least 4 members (excludes halogenated alkanes) is 1. The van der Waals surface area contributed by atoms with Crippen molar-refractivity contribution in [1.82, 2.24) is 49.1 Å². The number of halogens is 4. The molecule has 2 aliphatic rings. The van der Waals surface area contributed by atoms with Crippen molar-refractivity contribution in [3.05, 3.63) is 121 Å². The van der Waals surface area contributed by atoms with Gasteiger partial charge in [-0.05, 0) is 49.6 Å². The van der Waals surface area contributed by atoms with Crippen molar-refractivity contribution in [2.24, 2.45) is 7.05 Å². The standard InChI is InChI=1S/C39H34ClF3N12O6/c1-51-15-21-12-31(25(40)13-30(21)49-51)45-37-47-38(60)55(39(61)54(37)16-20-11-27(42)28(43)14-26(20)41)18-22-17-52(50-48-22)10-3-2-7-33(56)44-29-6-4-5-23-24(29)19-53(36(23)59)32-8-9-34(57)46-35(32)58/h4-6,11-15,17,32H,2-3,7-10,16,18-19H2,1H3,(H,44,56)(H,45,47,60)(H,46,57,58). The number of hydrogen-bond acceptors (Lipinski definition) is 11. The average Bonchev–Trinajstić information content (AvgIpc) is 3.91. The van der Waals surface area contributed by atoms with Crippen molar-refractivity contribution in [2.45, 2.75) is 64.3 Å². The topological polar surface area (TPSA) is 213 Å². The quantitative estimate of drug-likeness (QED) is 0.0871. The average molecular weight is 859 g/mol. The zero-order valence-electron chi connectivity index (χ0n) is 32.1. The smallest absolute Gasteiger partial charge is 0.326 e. The Bertz CT molecular complexity index is 2910. The second-order valence-corrected chi connectivity index (χ2v) is 15.0. The molecule has 18 nitrogen and oxygen atoms in total. The molecule has 1 saturated heterocycles. The highest BCUT2D eigenvalue weighted by molar-refractivity contribution is 6.34. The minimum absolute atomic E-state index is 0.105. The molecule has 0 bridgehead atoms. The first-order valence-corrected chi connectivity index (χ1v) is 19.3. The van der Waals surface area contributed by atoms with Gasteiger partial charge in [-0.2, -0.15) is 10.1 Å². The van der Waals surface area contributed by atoms with Crippen LogP contribution >= 0.6 is 11.6 Å². The van der Waals surface area contributed by atoms with Crippen LogP contribution in [0.5, 0.6) is 0 Å². The number of nitrogens with zero attached hydrogens (tertiary/aromatic N) is 9. The van der Waals surface area contributed by atoms with E-state index in [1.54, 1.807) is 48.3 Å². The van der Waals surface area contributed by atoms with Gasteiger partial charge in [0.1, 0.15) is 17.6 Å². The van der Waals surface area contributed by atoms with Crippen LogP contribution in [0.2, 0.25) is 5.02 Å². The maximum absolute atomic E-state index is 14.9. The maximum Gasteiger partial charge on any atom is 0.355 e. The summed E-state index contributed by atoms with van der Waals surface area (Å²) in [4.78, 5) is 82.9. The van der Waals surface area contributed by atoms with Crippen LogP contribution in [0.15, 0.2) is 64.4 Å². The molecular formula is C39H34ClF3N12O6. The minimum Gasteiger partial charge on any atom is -0.326 e. The summed E-state index contributed by atoms with van der Waals surface area (Å²) in [6.45, 7) is -0.640. The van der Waals surface area contributed by atoms with Crippen LogP contribution in [0.1, 0.15) is 59.3 Å². The fourth-order valence-corrected chi connectivity index (χ4v) is 7.51. The van der Waals surface area contributed by atoms with Gasteiger partial charge in [-0.1, -0.05) is 22.9 Å². The normalized spacial score (nSPS) is 15.1. The predicted molar refractivity (Wildman–Crippen MR) is 211 cm³/mol. The Hall–Kier alpha value is -7.16. The van der Waals surface area contributed by atoms with E-state index >= 15 is 0 Å². The molecule has 2 aliphatic heterocycles. The summed E-state index contributed by atoms with van der Waals surface area (Å²) >= 11 is 6.48. The van der Waals surface area contributed by atoms with Crippen LogP contribution < -0.4 is 27.3 Å². The van der Waals surface area contributed by atoms with Gasteiger partial charge in [0, 0.05) is 73.0 Å². The number of rotatable bonds is 13. The van der Waals surface area contributed by atoms with E-state index in [2.05, 4.69) is 36.3 Å². The molecule has 1 atom stereocenters. The molecule has 0 aliphatic carbocycles. The molecule has 0 saturated carbocycles. The Balaban J connectivity index is 0.926. The van der Waals surface area contributed by atoms with Crippen LogP contribution in [-0.2, 0) is 47.6 Å². The van der Waals surface area contributed by atoms with Crippen LogP contribution in [0.4, 0.5) is 30.5 Å². The van der Waals surface area contributed by atoms with Crippen LogP contribution in [0, 0.1) is 17.5 Å². The first kappa shape index (κ1) is 40.6. The van der Waals surface area contributed by atoms with Gasteiger partial charge in [-0.25, -0.2) is 27.3 Å². The SMILES string of the molecule is Cn1cc2cc(Nc3nc(=O)n(Cc4cn(CCCCC(=O)Nc5cccc6c5CN(C5CCC(=O)NC5=O)C6=O)nn4)c(=O)n3Cc3cc(F)c(F)cc3F)c(Cl)cc2n1. The van der Waals surface area contributed by atoms with Gasteiger partial charge < -0.3 is 15.5 Å². The number of imide groups is 1. The second-order valence-electron chi connectivity index (χ2n) is 14.6. The third kappa shape index (κ3) is 8.36. The summed E-state index contributed by atoms with van der Waals surface area (Å²) in [6, 6.07) is 8.26. The van der Waals surface area contributed by atoms with Crippen LogP contribution in [0.3, 0.4) is 0 Å². The number of aromatic nitrogens is 8. The van der Waals surface area contributed by atoms with E-state index in [1.165, 1.54) is 15.8 Å². The number of piperidine rings is 1. The molecule has 3 aromatic heterocycles. The lowest BCUT2D eigenvalue weighted by Crippen LogP contribution is -2.52. The van der Waals surface area contributed by atoms with Gasteiger partial charge >= 0.3 is 11.4 Å². The van der Waals surface area contributed by atoms with E-state index in [0.29, 0.717) is 59.2 Å². The second kappa shape index (κ2) is 16.5. The monoisotopic (exact) mass is 858 g/mol. The highest BCUT2D eigenvalue weighted by Crippen LogP contribution is 2.33. The number of aryl methyl sites for hydroxylation is 2. The number of fused-ring (bicyclic) bond motifs is 2. The molecule has 4 amide bonds. The largest absolute Gasteiger partial charge is 0.355 e. The molecule has 3 N–H and O–H groups in total. The Morgan fingerprint density at radius 1 is 0.951 bits per heavy atom. The molecule has 6 aromatic rings. The zero-order valence-corrected chi connectivity index (χ0v) is 32.9. The number of carbonyl (C=O) groups excluding carboxylic acids is 4. The first-order chi connectivity index (χ1) is 29.2. The first-order valence-electron chi connectivity index (χ1n) is 18.9. The molecule has 8 rings (SSSR count). The Labute approximate surface area is 346 Å². The van der Waals surface area contributed by atoms with E-state index in [4.69, 9.17) is 11.6 Å². The van der Waals surface area contributed by atoms with Gasteiger partial charge in [0.25, 0.3) is 5.91 Å². The molecule has 314 valence electrons. The Morgan fingerprint density at radius 3 is 2.56 bits per heavy atom. The fourth-order valence-electron chi connectivity index (χ4n) is 7.30. The van der Waals surface area contributed by atoms with E-state index in [0.717, 1.165) is 9.13 Å². The van der Waals surface area contributed by atoms with Gasteiger partial charge in [0.2, 0.25) is 23.7 Å². The van der Waals surface area contributed by atoms with Crippen LogP contribution in [-0.4, -0.2) is 73.5 Å². The van der Waals surface area contributed by atoms with Crippen LogP contribution in [0.25, 0.3) is 10.9 Å². The van der Waals surface area contributed by atoms with Crippen molar-refractivity contribution in [2.75, 3.05) is 10.6 Å².